The van der Waals surface area contributed by atoms with Gasteiger partial charge in [0.2, 0.25) is 0 Å². The number of aliphatic hydroxyl groups excluding tert-OH is 1. The number of hydrogen-bond acceptors (Lipinski definition) is 3. The second-order valence-corrected chi connectivity index (χ2v) is 3.58. The van der Waals surface area contributed by atoms with Gasteiger partial charge in [-0.3, -0.25) is 4.79 Å². The molecule has 4 nitrogen and oxygen atoms in total. The highest BCUT2D eigenvalue weighted by Crippen LogP contribution is 2.04. The Morgan fingerprint density at radius 3 is 2.93 bits per heavy atom. The Morgan fingerprint density at radius 2 is 2.33 bits per heavy atom. The van der Waals surface area contributed by atoms with Crippen LogP contribution in [0.3, 0.4) is 0 Å². The fourth-order valence-corrected chi connectivity index (χ4v) is 1.50. The molecule has 15 heavy (non-hydrogen) atoms. The van der Waals surface area contributed by atoms with E-state index in [2.05, 4.69) is 4.98 Å². The highest BCUT2D eigenvalue weighted by molar-refractivity contribution is 5.84. The molecule has 1 aromatic heterocycles. The monoisotopic (exact) mass is 210 g/mol. The normalized spacial score (nSPS) is 12.7. The van der Waals surface area contributed by atoms with Gasteiger partial charge < -0.3 is 9.67 Å². The van der Waals surface area contributed by atoms with Crippen molar-refractivity contribution in [1.82, 2.24) is 9.55 Å². The van der Waals surface area contributed by atoms with Gasteiger partial charge in [-0.2, -0.15) is 0 Å². The third kappa shape index (κ3) is 3.16. The molecule has 1 atom stereocenters. The fraction of sp³-hybridized carbons (Fsp3) is 0.636. The second kappa shape index (κ2) is 5.66. The maximum Gasteiger partial charge on any atom is 0.168 e. The minimum Gasteiger partial charge on any atom is -0.385 e. The Labute approximate surface area is 89.9 Å². The van der Waals surface area contributed by atoms with Crippen LogP contribution in [0.1, 0.15) is 32.5 Å². The molecule has 0 saturated carbocycles. The van der Waals surface area contributed by atoms with Crippen LogP contribution in [-0.4, -0.2) is 26.5 Å². The lowest BCUT2D eigenvalue weighted by molar-refractivity contribution is -0.126. The average molecular weight is 210 g/mol. The summed E-state index contributed by atoms with van der Waals surface area (Å²) < 4.78 is 1.91. The van der Waals surface area contributed by atoms with Crippen molar-refractivity contribution in [2.75, 3.05) is 0 Å². The maximum absolute atomic E-state index is 11.6. The molecule has 0 amide bonds. The molecule has 0 aliphatic heterocycles. The lowest BCUT2D eigenvalue weighted by Crippen LogP contribution is -2.23. The first-order valence-electron chi connectivity index (χ1n) is 5.39. The van der Waals surface area contributed by atoms with Crippen LogP contribution in [0.5, 0.6) is 0 Å². The predicted molar refractivity (Wildman–Crippen MR) is 57.5 cm³/mol. The predicted octanol–water partition coefficient (Wildman–Crippen LogP) is 1.18. The van der Waals surface area contributed by atoms with Crippen molar-refractivity contribution in [3.63, 3.8) is 0 Å². The van der Waals surface area contributed by atoms with Crippen LogP contribution in [0.15, 0.2) is 12.4 Å². The number of Topliss-reactive ketones (excluding diaryl/α,β-unsaturated/α-hetero) is 1. The Morgan fingerprint density at radius 1 is 1.60 bits per heavy atom. The standard InChI is InChI=1S/C11H18N2O2/c1-3-5-9(14)10(15)8-11-12-6-7-13(11)4-2/h6-7,9,14H,3-5,8H2,1-2H3. The topological polar surface area (TPSA) is 55.1 Å². The van der Waals surface area contributed by atoms with Gasteiger partial charge in [0, 0.05) is 18.9 Å². The third-order valence-electron chi connectivity index (χ3n) is 2.41. The molecule has 0 fully saturated rings. The molecule has 0 aromatic carbocycles. The molecule has 1 unspecified atom stereocenters. The quantitative estimate of drug-likeness (QED) is 0.767. The van der Waals surface area contributed by atoms with E-state index in [0.29, 0.717) is 6.42 Å². The SMILES string of the molecule is CCCC(O)C(=O)Cc1nccn1CC. The molecule has 0 radical (unpaired) electrons. The van der Waals surface area contributed by atoms with Gasteiger partial charge in [0.05, 0.1) is 6.42 Å². The smallest absolute Gasteiger partial charge is 0.168 e. The summed E-state index contributed by atoms with van der Waals surface area (Å²) in [6, 6.07) is 0. The average Bonchev–Trinajstić information content (AvgIpc) is 2.65. The Balaban J connectivity index is 2.58. The number of imidazole rings is 1. The van der Waals surface area contributed by atoms with Crippen molar-refractivity contribution in [3.8, 4) is 0 Å². The van der Waals surface area contributed by atoms with Crippen LogP contribution >= 0.6 is 0 Å². The van der Waals surface area contributed by atoms with E-state index in [1.165, 1.54) is 0 Å². The van der Waals surface area contributed by atoms with Crippen LogP contribution in [-0.2, 0) is 17.8 Å². The summed E-state index contributed by atoms with van der Waals surface area (Å²) in [5.74, 6) is 0.593. The van der Waals surface area contributed by atoms with E-state index in [0.717, 1.165) is 18.8 Å². The van der Waals surface area contributed by atoms with Crippen molar-refractivity contribution >= 4 is 5.78 Å². The molecular weight excluding hydrogens is 192 g/mol. The lowest BCUT2D eigenvalue weighted by Gasteiger charge is -2.08. The van der Waals surface area contributed by atoms with Gasteiger partial charge in [0.15, 0.2) is 5.78 Å². The molecule has 0 bridgehead atoms. The first-order chi connectivity index (χ1) is 7.19. The van der Waals surface area contributed by atoms with Crippen LogP contribution < -0.4 is 0 Å². The number of aromatic nitrogens is 2. The van der Waals surface area contributed by atoms with Crippen LogP contribution in [0, 0.1) is 0 Å². The molecule has 1 aromatic rings. The van der Waals surface area contributed by atoms with Crippen molar-refractivity contribution in [3.05, 3.63) is 18.2 Å². The summed E-state index contributed by atoms with van der Waals surface area (Å²) in [5.41, 5.74) is 0. The molecular formula is C11H18N2O2. The minimum atomic E-state index is -0.836. The zero-order valence-electron chi connectivity index (χ0n) is 9.31. The van der Waals surface area contributed by atoms with E-state index >= 15 is 0 Å². The molecule has 1 N–H and O–H groups in total. The second-order valence-electron chi connectivity index (χ2n) is 3.58. The van der Waals surface area contributed by atoms with Crippen LogP contribution in [0.2, 0.25) is 0 Å². The lowest BCUT2D eigenvalue weighted by atomic mass is 10.1. The Bertz CT molecular complexity index is 320. The minimum absolute atomic E-state index is 0.141. The number of carbonyl (C=O) groups is 1. The molecule has 0 aliphatic rings. The summed E-state index contributed by atoms with van der Waals surface area (Å²) in [6.45, 7) is 4.74. The highest BCUT2D eigenvalue weighted by Gasteiger charge is 2.16. The van der Waals surface area contributed by atoms with Gasteiger partial charge in [0.1, 0.15) is 11.9 Å². The number of rotatable bonds is 6. The van der Waals surface area contributed by atoms with Gasteiger partial charge in [-0.1, -0.05) is 13.3 Å². The molecule has 0 spiro atoms. The number of hydrogen-bond donors (Lipinski definition) is 1. The summed E-state index contributed by atoms with van der Waals surface area (Å²) in [7, 11) is 0. The van der Waals surface area contributed by atoms with Crippen LogP contribution in [0.4, 0.5) is 0 Å². The van der Waals surface area contributed by atoms with E-state index in [4.69, 9.17) is 0 Å². The van der Waals surface area contributed by atoms with E-state index in [1.54, 1.807) is 6.20 Å². The summed E-state index contributed by atoms with van der Waals surface area (Å²) in [4.78, 5) is 15.7. The van der Waals surface area contributed by atoms with E-state index in [-0.39, 0.29) is 12.2 Å². The first-order valence-corrected chi connectivity index (χ1v) is 5.39. The molecule has 1 rings (SSSR count). The van der Waals surface area contributed by atoms with Crippen molar-refractivity contribution in [2.45, 2.75) is 45.8 Å². The number of ketones is 1. The van der Waals surface area contributed by atoms with Gasteiger partial charge in [0.25, 0.3) is 0 Å². The highest BCUT2D eigenvalue weighted by atomic mass is 16.3. The van der Waals surface area contributed by atoms with Gasteiger partial charge >= 0.3 is 0 Å². The largest absolute Gasteiger partial charge is 0.385 e. The third-order valence-corrected chi connectivity index (χ3v) is 2.41. The van der Waals surface area contributed by atoms with E-state index in [9.17, 15) is 9.90 Å². The van der Waals surface area contributed by atoms with E-state index in [1.807, 2.05) is 24.6 Å². The summed E-state index contributed by atoms with van der Waals surface area (Å²) >= 11 is 0. The van der Waals surface area contributed by atoms with Crippen molar-refractivity contribution in [2.24, 2.45) is 0 Å². The Hall–Kier alpha value is -1.16. The van der Waals surface area contributed by atoms with Gasteiger partial charge in [-0.25, -0.2) is 4.98 Å². The number of aryl methyl sites for hydroxylation is 1. The number of carbonyl (C=O) groups excluding carboxylic acids is 1. The van der Waals surface area contributed by atoms with Crippen molar-refractivity contribution in [1.29, 1.82) is 0 Å². The zero-order chi connectivity index (χ0) is 11.3. The van der Waals surface area contributed by atoms with Crippen LogP contribution in [0.25, 0.3) is 0 Å². The first kappa shape index (κ1) is 11.9. The molecule has 4 heteroatoms. The Kier molecular flexibility index (Phi) is 4.49. The molecule has 84 valence electrons. The zero-order valence-corrected chi connectivity index (χ0v) is 9.31. The van der Waals surface area contributed by atoms with Gasteiger partial charge in [-0.15, -0.1) is 0 Å². The van der Waals surface area contributed by atoms with Gasteiger partial charge in [-0.05, 0) is 13.3 Å². The molecule has 1 heterocycles. The molecule has 0 aliphatic carbocycles. The fourth-order valence-electron chi connectivity index (χ4n) is 1.50. The van der Waals surface area contributed by atoms with Crippen molar-refractivity contribution < 1.29 is 9.90 Å². The number of aliphatic hydroxyl groups is 1. The molecule has 0 saturated heterocycles. The summed E-state index contributed by atoms with van der Waals surface area (Å²) in [5, 5.41) is 9.49. The van der Waals surface area contributed by atoms with E-state index < -0.39 is 6.10 Å². The number of nitrogens with zero attached hydrogens (tertiary/aromatic N) is 2. The maximum atomic E-state index is 11.6. The summed E-state index contributed by atoms with van der Waals surface area (Å²) in [6.07, 6.45) is 4.26.